The lowest BCUT2D eigenvalue weighted by Gasteiger charge is -2.32. The fourth-order valence-corrected chi connectivity index (χ4v) is 4.99. The quantitative estimate of drug-likeness (QED) is 0.933. The molecule has 20 heavy (non-hydrogen) atoms. The van der Waals surface area contributed by atoms with Gasteiger partial charge in [0, 0.05) is 0 Å². The van der Waals surface area contributed by atoms with E-state index < -0.39 is 21.2 Å². The zero-order valence-electron chi connectivity index (χ0n) is 12.5. The monoisotopic (exact) mass is 296 g/mol. The summed E-state index contributed by atoms with van der Waals surface area (Å²) < 4.78 is 25.5. The second kappa shape index (κ2) is 5.86. The summed E-state index contributed by atoms with van der Waals surface area (Å²) >= 11 is 0. The van der Waals surface area contributed by atoms with Gasteiger partial charge >= 0.3 is 0 Å². The molecule has 1 aromatic rings. The lowest BCUT2D eigenvalue weighted by molar-refractivity contribution is 0.111. The van der Waals surface area contributed by atoms with Crippen LogP contribution in [-0.2, 0) is 9.84 Å². The summed E-state index contributed by atoms with van der Waals surface area (Å²) in [6.45, 7) is 5.97. The number of hydrogen-bond acceptors (Lipinski definition) is 3. The Morgan fingerprint density at radius 2 is 1.90 bits per heavy atom. The minimum absolute atomic E-state index is 0.349. The predicted octanol–water partition coefficient (Wildman–Crippen LogP) is 3.02. The molecule has 1 fully saturated rings. The molecule has 1 N–H and O–H groups in total. The van der Waals surface area contributed by atoms with Crippen molar-refractivity contribution in [1.29, 1.82) is 0 Å². The van der Waals surface area contributed by atoms with Gasteiger partial charge in [-0.3, -0.25) is 0 Å². The zero-order chi connectivity index (χ0) is 14.9. The third kappa shape index (κ3) is 2.91. The van der Waals surface area contributed by atoms with Crippen molar-refractivity contribution in [2.45, 2.75) is 62.7 Å². The molecule has 0 aromatic heterocycles. The summed E-state index contributed by atoms with van der Waals surface area (Å²) in [7, 11) is -3.44. The van der Waals surface area contributed by atoms with Crippen molar-refractivity contribution in [1.82, 2.24) is 0 Å². The van der Waals surface area contributed by atoms with E-state index >= 15 is 0 Å². The average molecular weight is 296 g/mol. The summed E-state index contributed by atoms with van der Waals surface area (Å²) in [5.74, 6) is 0.407. The predicted molar refractivity (Wildman–Crippen MR) is 80.5 cm³/mol. The Balaban J connectivity index is 2.35. The molecule has 0 aliphatic heterocycles. The molecule has 1 aromatic carbocycles. The van der Waals surface area contributed by atoms with Gasteiger partial charge in [-0.15, -0.1) is 0 Å². The molecule has 112 valence electrons. The molecule has 0 radical (unpaired) electrons. The lowest BCUT2D eigenvalue weighted by Crippen LogP contribution is -2.39. The van der Waals surface area contributed by atoms with Crippen LogP contribution in [0.25, 0.3) is 0 Å². The molecule has 4 heteroatoms. The average Bonchev–Trinajstić information content (AvgIpc) is 2.42. The van der Waals surface area contributed by atoms with E-state index in [1.807, 2.05) is 19.9 Å². The molecule has 1 aliphatic carbocycles. The Hall–Kier alpha value is -0.870. The molecule has 0 heterocycles. The van der Waals surface area contributed by atoms with E-state index in [1.54, 1.807) is 12.1 Å². The minimum atomic E-state index is -3.44. The van der Waals surface area contributed by atoms with Gasteiger partial charge in [0.15, 0.2) is 9.84 Å². The standard InChI is InChI=1S/C16H24O3S/c1-4-13-6-8-15(17)16(10-13)20(18,19)14-7-5-11(2)12(3)9-14/h5,7,9,13,15-17H,4,6,8,10H2,1-3H3. The molecule has 3 atom stereocenters. The van der Waals surface area contributed by atoms with E-state index in [-0.39, 0.29) is 0 Å². The SMILES string of the molecule is CCC1CCC(O)C(S(=O)(=O)c2ccc(C)c(C)c2)C1. The highest BCUT2D eigenvalue weighted by Crippen LogP contribution is 2.34. The van der Waals surface area contributed by atoms with Crippen LogP contribution in [0.3, 0.4) is 0 Å². The first-order valence-corrected chi connectivity index (χ1v) is 8.90. The topological polar surface area (TPSA) is 54.4 Å². The molecule has 0 amide bonds. The van der Waals surface area contributed by atoms with Gasteiger partial charge in [0.05, 0.1) is 16.2 Å². The highest BCUT2D eigenvalue weighted by Gasteiger charge is 2.38. The molecule has 1 saturated carbocycles. The van der Waals surface area contributed by atoms with Crippen molar-refractivity contribution < 1.29 is 13.5 Å². The van der Waals surface area contributed by atoms with Crippen molar-refractivity contribution in [3.05, 3.63) is 29.3 Å². The van der Waals surface area contributed by atoms with Crippen molar-refractivity contribution in [3.63, 3.8) is 0 Å². The zero-order valence-corrected chi connectivity index (χ0v) is 13.3. The van der Waals surface area contributed by atoms with E-state index in [1.165, 1.54) is 0 Å². The first-order valence-electron chi connectivity index (χ1n) is 7.35. The Kier molecular flexibility index (Phi) is 4.55. The van der Waals surface area contributed by atoms with Crippen LogP contribution >= 0.6 is 0 Å². The Morgan fingerprint density at radius 3 is 2.50 bits per heavy atom. The largest absolute Gasteiger partial charge is 0.392 e. The van der Waals surface area contributed by atoms with Crippen LogP contribution in [0.5, 0.6) is 0 Å². The smallest absolute Gasteiger partial charge is 0.183 e. The fraction of sp³-hybridized carbons (Fsp3) is 0.625. The summed E-state index contributed by atoms with van der Waals surface area (Å²) in [5.41, 5.74) is 2.06. The molecular formula is C16H24O3S. The number of rotatable bonds is 3. The van der Waals surface area contributed by atoms with Gasteiger partial charge in [-0.25, -0.2) is 8.42 Å². The summed E-state index contributed by atoms with van der Waals surface area (Å²) in [6.07, 6.45) is 2.34. The van der Waals surface area contributed by atoms with Gasteiger partial charge in [0.2, 0.25) is 0 Å². The lowest BCUT2D eigenvalue weighted by atomic mass is 9.85. The van der Waals surface area contributed by atoms with Crippen molar-refractivity contribution >= 4 is 9.84 Å². The third-order valence-corrected chi connectivity index (χ3v) is 6.86. The number of sulfone groups is 1. The second-order valence-electron chi connectivity index (χ2n) is 5.98. The number of aliphatic hydroxyl groups excluding tert-OH is 1. The first-order chi connectivity index (χ1) is 9.36. The highest BCUT2D eigenvalue weighted by molar-refractivity contribution is 7.92. The number of benzene rings is 1. The maximum atomic E-state index is 12.8. The maximum Gasteiger partial charge on any atom is 0.183 e. The molecule has 1 aliphatic rings. The molecule has 0 bridgehead atoms. The van der Waals surface area contributed by atoms with Gasteiger partial charge < -0.3 is 5.11 Å². The first kappa shape index (κ1) is 15.5. The number of hydrogen-bond donors (Lipinski definition) is 1. The normalized spacial score (nSPS) is 27.5. The van der Waals surface area contributed by atoms with E-state index in [9.17, 15) is 13.5 Å². The molecule has 3 nitrogen and oxygen atoms in total. The van der Waals surface area contributed by atoms with Crippen molar-refractivity contribution in [2.75, 3.05) is 0 Å². The maximum absolute atomic E-state index is 12.8. The number of aryl methyl sites for hydroxylation is 2. The highest BCUT2D eigenvalue weighted by atomic mass is 32.2. The van der Waals surface area contributed by atoms with Crippen molar-refractivity contribution in [3.8, 4) is 0 Å². The Morgan fingerprint density at radius 1 is 1.20 bits per heavy atom. The minimum Gasteiger partial charge on any atom is -0.392 e. The van der Waals surface area contributed by atoms with Gasteiger partial charge in [-0.2, -0.15) is 0 Å². The molecule has 0 spiro atoms. The fourth-order valence-electron chi connectivity index (χ4n) is 2.97. The van der Waals surface area contributed by atoms with Crippen LogP contribution in [0.2, 0.25) is 0 Å². The van der Waals surface area contributed by atoms with E-state index in [2.05, 4.69) is 6.92 Å². The summed E-state index contributed by atoms with van der Waals surface area (Å²) in [4.78, 5) is 0.349. The molecular weight excluding hydrogens is 272 g/mol. The van der Waals surface area contributed by atoms with E-state index in [4.69, 9.17) is 0 Å². The molecule has 0 saturated heterocycles. The summed E-state index contributed by atoms with van der Waals surface area (Å²) in [6, 6.07) is 5.24. The van der Waals surface area contributed by atoms with Crippen LogP contribution in [0.15, 0.2) is 23.1 Å². The molecule has 3 unspecified atom stereocenters. The summed E-state index contributed by atoms with van der Waals surface area (Å²) in [5, 5.41) is 9.47. The van der Waals surface area contributed by atoms with Crippen LogP contribution < -0.4 is 0 Å². The van der Waals surface area contributed by atoms with Gasteiger partial charge in [0.25, 0.3) is 0 Å². The third-order valence-electron chi connectivity index (χ3n) is 4.65. The Bertz CT molecular complexity index is 577. The molecule has 2 rings (SSSR count). The number of aliphatic hydroxyl groups is 1. The van der Waals surface area contributed by atoms with Crippen LogP contribution in [-0.4, -0.2) is 24.9 Å². The van der Waals surface area contributed by atoms with Crippen LogP contribution in [0, 0.1) is 19.8 Å². The van der Waals surface area contributed by atoms with E-state index in [0.717, 1.165) is 24.0 Å². The van der Waals surface area contributed by atoms with Gasteiger partial charge in [-0.05, 0) is 62.3 Å². The van der Waals surface area contributed by atoms with E-state index in [0.29, 0.717) is 23.7 Å². The van der Waals surface area contributed by atoms with Crippen LogP contribution in [0.1, 0.15) is 43.7 Å². The van der Waals surface area contributed by atoms with Crippen molar-refractivity contribution in [2.24, 2.45) is 5.92 Å². The van der Waals surface area contributed by atoms with Gasteiger partial charge in [0.1, 0.15) is 0 Å². The van der Waals surface area contributed by atoms with Crippen LogP contribution in [0.4, 0.5) is 0 Å². The second-order valence-corrected chi connectivity index (χ2v) is 8.15. The Labute approximate surface area is 121 Å². The van der Waals surface area contributed by atoms with Gasteiger partial charge in [-0.1, -0.05) is 19.4 Å².